The highest BCUT2D eigenvalue weighted by Gasteiger charge is 2.16. The second-order valence-corrected chi connectivity index (χ2v) is 4.36. The maximum absolute atomic E-state index is 11.4. The Bertz CT molecular complexity index is 485. The monoisotopic (exact) mass is 246 g/mol. The van der Waals surface area contributed by atoms with Gasteiger partial charge in [-0.1, -0.05) is 0 Å². The second-order valence-electron chi connectivity index (χ2n) is 2.70. The van der Waals surface area contributed by atoms with Crippen molar-refractivity contribution in [3.63, 3.8) is 0 Å². The number of nitroso groups, excluding NO2 is 1. The molecule has 16 heavy (non-hydrogen) atoms. The van der Waals surface area contributed by atoms with Crippen molar-refractivity contribution in [2.45, 2.75) is 4.90 Å². The van der Waals surface area contributed by atoms with Crippen molar-refractivity contribution in [3.05, 3.63) is 23.1 Å². The van der Waals surface area contributed by atoms with E-state index >= 15 is 0 Å². The average molecular weight is 246 g/mol. The lowest BCUT2D eigenvalue weighted by Gasteiger charge is -2.08. The molecular formula is C8H10N2O5S. The Hall–Kier alpha value is -1.83. The molecule has 8 heteroatoms. The molecule has 0 aliphatic rings. The predicted molar refractivity (Wildman–Crippen MR) is 55.7 cm³/mol. The molecule has 1 aromatic rings. The summed E-state index contributed by atoms with van der Waals surface area (Å²) in [7, 11) is -1.13. The van der Waals surface area contributed by atoms with Crippen molar-refractivity contribution in [2.75, 3.05) is 14.2 Å². The van der Waals surface area contributed by atoms with Gasteiger partial charge in [-0.2, -0.15) is 13.2 Å². The van der Waals surface area contributed by atoms with E-state index < -0.39 is 10.0 Å². The molecule has 0 aliphatic carbocycles. The van der Waals surface area contributed by atoms with Crippen LogP contribution in [0.15, 0.2) is 28.4 Å². The number of rotatable bonds is 5. The Morgan fingerprint density at radius 2 is 1.81 bits per heavy atom. The molecule has 1 rings (SSSR count). The number of nitrogens with zero attached hydrogens (tertiary/aromatic N) is 1. The van der Waals surface area contributed by atoms with Crippen LogP contribution in [0.2, 0.25) is 0 Å². The van der Waals surface area contributed by atoms with E-state index in [2.05, 4.69) is 5.29 Å². The topological polar surface area (TPSA) is 94.1 Å². The number of hydrogen-bond donors (Lipinski definition) is 1. The first kappa shape index (κ1) is 12.2. The van der Waals surface area contributed by atoms with E-state index in [1.54, 1.807) is 0 Å². The Morgan fingerprint density at radius 1 is 1.19 bits per heavy atom. The van der Waals surface area contributed by atoms with Crippen LogP contribution in [0.5, 0.6) is 11.5 Å². The number of methoxy groups -OCH3 is 2. The molecule has 0 atom stereocenters. The maximum atomic E-state index is 11.4. The molecule has 0 saturated carbocycles. The largest absolute Gasteiger partial charge is 0.493 e. The molecule has 0 heterocycles. The summed E-state index contributed by atoms with van der Waals surface area (Å²) in [5, 5.41) is 2.12. The molecule has 0 radical (unpaired) electrons. The summed E-state index contributed by atoms with van der Waals surface area (Å²) in [6.45, 7) is 0. The molecule has 1 aromatic carbocycles. The molecule has 0 unspecified atom stereocenters. The number of benzene rings is 1. The first-order chi connectivity index (χ1) is 7.55. The molecule has 0 spiro atoms. The third-order valence-corrected chi connectivity index (χ3v) is 3.01. The van der Waals surface area contributed by atoms with Gasteiger partial charge in [0.25, 0.3) is 10.0 Å². The third kappa shape index (κ3) is 2.40. The van der Waals surface area contributed by atoms with Crippen molar-refractivity contribution in [2.24, 2.45) is 5.29 Å². The first-order valence-electron chi connectivity index (χ1n) is 4.11. The fourth-order valence-electron chi connectivity index (χ4n) is 1.09. The smallest absolute Gasteiger partial charge is 0.279 e. The van der Waals surface area contributed by atoms with Crippen LogP contribution in [0.25, 0.3) is 0 Å². The molecule has 88 valence electrons. The Kier molecular flexibility index (Phi) is 3.67. The highest BCUT2D eigenvalue weighted by molar-refractivity contribution is 7.89. The van der Waals surface area contributed by atoms with E-state index in [1.165, 1.54) is 37.2 Å². The van der Waals surface area contributed by atoms with Gasteiger partial charge in [-0.25, -0.2) is 0 Å². The normalized spacial score (nSPS) is 10.6. The predicted octanol–water partition coefficient (Wildman–Crippen LogP) is 0.663. The molecule has 0 fully saturated rings. The van der Waals surface area contributed by atoms with Crippen molar-refractivity contribution in [3.8, 4) is 11.5 Å². The fourth-order valence-corrected chi connectivity index (χ4v) is 1.80. The Morgan fingerprint density at radius 3 is 2.31 bits per heavy atom. The molecular weight excluding hydrogens is 236 g/mol. The van der Waals surface area contributed by atoms with Gasteiger partial charge in [-0.05, 0) is 12.1 Å². The third-order valence-electron chi connectivity index (χ3n) is 1.82. The summed E-state index contributed by atoms with van der Waals surface area (Å²) in [6, 6.07) is 3.92. The maximum Gasteiger partial charge on any atom is 0.279 e. The zero-order valence-corrected chi connectivity index (χ0v) is 9.45. The first-order valence-corrected chi connectivity index (χ1v) is 5.59. The van der Waals surface area contributed by atoms with E-state index in [0.29, 0.717) is 5.75 Å². The number of hydrogen-bond acceptors (Lipinski definition) is 6. The van der Waals surface area contributed by atoms with E-state index in [1.807, 2.05) is 0 Å². The summed E-state index contributed by atoms with van der Waals surface area (Å²) in [6.07, 6.45) is 0. The van der Waals surface area contributed by atoms with Crippen molar-refractivity contribution in [1.82, 2.24) is 4.83 Å². The van der Waals surface area contributed by atoms with Gasteiger partial charge in [0, 0.05) is 6.07 Å². The van der Waals surface area contributed by atoms with Crippen LogP contribution < -0.4 is 14.3 Å². The SMILES string of the molecule is COc1ccc(S(=O)(=O)NN=O)cc1OC. The lowest BCUT2D eigenvalue weighted by molar-refractivity contribution is 0.354. The van der Waals surface area contributed by atoms with Crippen LogP contribution >= 0.6 is 0 Å². The fraction of sp³-hybridized carbons (Fsp3) is 0.250. The van der Waals surface area contributed by atoms with Gasteiger partial charge in [0.1, 0.15) is 0 Å². The summed E-state index contributed by atoms with van der Waals surface area (Å²) in [5.74, 6) is 0.636. The van der Waals surface area contributed by atoms with E-state index in [-0.39, 0.29) is 10.6 Å². The van der Waals surface area contributed by atoms with Gasteiger partial charge < -0.3 is 9.47 Å². The Labute approximate surface area is 92.4 Å². The minimum Gasteiger partial charge on any atom is -0.493 e. The highest BCUT2D eigenvalue weighted by atomic mass is 32.2. The second kappa shape index (κ2) is 4.79. The van der Waals surface area contributed by atoms with Crippen molar-refractivity contribution < 1.29 is 17.9 Å². The quantitative estimate of drug-likeness (QED) is 0.608. The molecule has 0 bridgehead atoms. The van der Waals surface area contributed by atoms with Crippen LogP contribution in [-0.2, 0) is 10.0 Å². The van der Waals surface area contributed by atoms with E-state index in [9.17, 15) is 13.3 Å². The van der Waals surface area contributed by atoms with Crippen molar-refractivity contribution >= 4 is 10.0 Å². The van der Waals surface area contributed by atoms with Gasteiger partial charge in [-0.15, -0.1) is 4.91 Å². The molecule has 0 saturated heterocycles. The number of nitrogens with one attached hydrogen (secondary N) is 1. The highest BCUT2D eigenvalue weighted by Crippen LogP contribution is 2.29. The van der Waals surface area contributed by atoms with Crippen LogP contribution in [0, 0.1) is 4.91 Å². The van der Waals surface area contributed by atoms with Crippen LogP contribution in [0.4, 0.5) is 0 Å². The zero-order valence-electron chi connectivity index (χ0n) is 8.63. The summed E-state index contributed by atoms with van der Waals surface area (Å²) in [4.78, 5) is 11.2. The van der Waals surface area contributed by atoms with Crippen LogP contribution in [0.3, 0.4) is 0 Å². The molecule has 0 amide bonds. The summed E-state index contributed by atoms with van der Waals surface area (Å²) < 4.78 is 32.7. The summed E-state index contributed by atoms with van der Waals surface area (Å²) >= 11 is 0. The van der Waals surface area contributed by atoms with Crippen molar-refractivity contribution in [1.29, 1.82) is 0 Å². The molecule has 0 aliphatic heterocycles. The van der Waals surface area contributed by atoms with Gasteiger partial charge in [0.05, 0.1) is 24.4 Å². The lowest BCUT2D eigenvalue weighted by Crippen LogP contribution is -2.17. The minimum atomic E-state index is -3.93. The van der Waals surface area contributed by atoms with Crippen LogP contribution in [-0.4, -0.2) is 22.6 Å². The molecule has 7 nitrogen and oxygen atoms in total. The average Bonchev–Trinajstić information content (AvgIpc) is 2.28. The molecule has 1 N–H and O–H groups in total. The molecule has 0 aromatic heterocycles. The van der Waals surface area contributed by atoms with Gasteiger partial charge in [-0.3, -0.25) is 0 Å². The van der Waals surface area contributed by atoms with Gasteiger partial charge in [0.15, 0.2) is 11.5 Å². The zero-order chi connectivity index (χ0) is 12.2. The number of sulfonamides is 1. The van der Waals surface area contributed by atoms with E-state index in [0.717, 1.165) is 0 Å². The minimum absolute atomic E-state index is 0.134. The van der Waals surface area contributed by atoms with E-state index in [4.69, 9.17) is 9.47 Å². The van der Waals surface area contributed by atoms with Crippen LogP contribution in [0.1, 0.15) is 0 Å². The lowest BCUT2D eigenvalue weighted by atomic mass is 10.3. The van der Waals surface area contributed by atoms with Gasteiger partial charge in [0.2, 0.25) is 0 Å². The standard InChI is InChI=1S/C8H10N2O5S/c1-14-7-4-3-6(5-8(7)15-2)16(12,13)10-9-11/h3-5H,1-2H3,(H,10,11). The Balaban J connectivity index is 3.23. The summed E-state index contributed by atoms with van der Waals surface area (Å²) in [5.41, 5.74) is 0. The van der Waals surface area contributed by atoms with Gasteiger partial charge >= 0.3 is 0 Å². The number of ether oxygens (including phenoxy) is 2.